The summed E-state index contributed by atoms with van der Waals surface area (Å²) in [6, 6.07) is 19.5. The molecule has 0 fully saturated rings. The second kappa shape index (κ2) is 10.1. The van der Waals surface area contributed by atoms with E-state index in [2.05, 4.69) is 5.32 Å². The molecule has 0 radical (unpaired) electrons. The summed E-state index contributed by atoms with van der Waals surface area (Å²) in [6.07, 6.45) is 0. The van der Waals surface area contributed by atoms with Crippen LogP contribution in [0.15, 0.2) is 77.7 Å². The quantitative estimate of drug-likeness (QED) is 0.545. The third-order valence-electron chi connectivity index (χ3n) is 5.17. The van der Waals surface area contributed by atoms with Crippen LogP contribution in [0.1, 0.15) is 35.2 Å². The first-order valence-corrected chi connectivity index (χ1v) is 11.8. The molecule has 1 atom stereocenters. The Hall–Kier alpha value is -3.03. The van der Waals surface area contributed by atoms with Crippen LogP contribution in [0, 0.1) is 19.7 Å². The van der Waals surface area contributed by atoms with Gasteiger partial charge in [-0.05, 0) is 56.2 Å². The highest BCUT2D eigenvalue weighted by Crippen LogP contribution is 2.20. The van der Waals surface area contributed by atoms with E-state index < -0.39 is 22.0 Å². The van der Waals surface area contributed by atoms with Gasteiger partial charge in [0.1, 0.15) is 5.82 Å². The largest absolute Gasteiger partial charge is 0.348 e. The van der Waals surface area contributed by atoms with Gasteiger partial charge in [0, 0.05) is 6.54 Å². The second-order valence-corrected chi connectivity index (χ2v) is 9.85. The van der Waals surface area contributed by atoms with E-state index in [9.17, 15) is 17.6 Å². The second-order valence-electron chi connectivity index (χ2n) is 7.92. The van der Waals surface area contributed by atoms with E-state index >= 15 is 0 Å². The Morgan fingerprint density at radius 3 is 2.25 bits per heavy atom. The Bertz CT molecular complexity index is 1180. The minimum atomic E-state index is -3.91. The van der Waals surface area contributed by atoms with Crippen molar-refractivity contribution in [2.75, 3.05) is 6.54 Å². The molecule has 3 rings (SSSR count). The van der Waals surface area contributed by atoms with Gasteiger partial charge in [-0.2, -0.15) is 4.31 Å². The third kappa shape index (κ3) is 6.02. The SMILES string of the molecule is Cc1ccc(S(=O)(=O)N(CC(=O)N[C@@H](C)c2ccc(F)cc2)Cc2cccc(C)c2)cc1. The highest BCUT2D eigenvalue weighted by molar-refractivity contribution is 7.89. The van der Waals surface area contributed by atoms with Gasteiger partial charge in [0.05, 0.1) is 17.5 Å². The number of rotatable bonds is 8. The van der Waals surface area contributed by atoms with E-state index in [1.54, 1.807) is 43.3 Å². The van der Waals surface area contributed by atoms with Crippen LogP contribution in [0.3, 0.4) is 0 Å². The molecule has 5 nitrogen and oxygen atoms in total. The van der Waals surface area contributed by atoms with Gasteiger partial charge < -0.3 is 5.32 Å². The number of hydrogen-bond acceptors (Lipinski definition) is 3. The Morgan fingerprint density at radius 1 is 0.969 bits per heavy atom. The lowest BCUT2D eigenvalue weighted by molar-refractivity contribution is -0.122. The van der Waals surface area contributed by atoms with Gasteiger partial charge in [-0.15, -0.1) is 0 Å². The molecule has 168 valence electrons. The minimum absolute atomic E-state index is 0.0657. The summed E-state index contributed by atoms with van der Waals surface area (Å²) >= 11 is 0. The number of halogens is 1. The Kier molecular flexibility index (Phi) is 7.43. The van der Waals surface area contributed by atoms with Gasteiger partial charge in [0.2, 0.25) is 15.9 Å². The standard InChI is InChI=1S/C25H27FN2O3S/c1-18-7-13-24(14-8-18)32(30,31)28(16-21-6-4-5-19(2)15-21)17-25(29)27-20(3)22-9-11-23(26)12-10-22/h4-15,20H,16-17H2,1-3H3,(H,27,29)/t20-/m0/s1. The van der Waals surface area contributed by atoms with Gasteiger partial charge in [-0.1, -0.05) is 59.7 Å². The number of carbonyl (C=O) groups is 1. The van der Waals surface area contributed by atoms with Gasteiger partial charge in [0.25, 0.3) is 0 Å². The topological polar surface area (TPSA) is 66.5 Å². The highest BCUT2D eigenvalue weighted by Gasteiger charge is 2.27. The van der Waals surface area contributed by atoms with Crippen molar-refractivity contribution < 1.29 is 17.6 Å². The van der Waals surface area contributed by atoms with Crippen LogP contribution in [0.5, 0.6) is 0 Å². The molecule has 0 saturated carbocycles. The van der Waals surface area contributed by atoms with Crippen LogP contribution in [-0.4, -0.2) is 25.2 Å². The maximum atomic E-state index is 13.4. The molecule has 1 amide bonds. The zero-order valence-corrected chi connectivity index (χ0v) is 19.2. The lowest BCUT2D eigenvalue weighted by Crippen LogP contribution is -2.41. The molecular weight excluding hydrogens is 427 g/mol. The highest BCUT2D eigenvalue weighted by atomic mass is 32.2. The van der Waals surface area contributed by atoms with Crippen molar-refractivity contribution in [2.24, 2.45) is 0 Å². The van der Waals surface area contributed by atoms with Crippen molar-refractivity contribution in [2.45, 2.75) is 38.3 Å². The Balaban J connectivity index is 1.83. The molecule has 0 heterocycles. The summed E-state index contributed by atoms with van der Waals surface area (Å²) in [4.78, 5) is 12.9. The predicted molar refractivity (Wildman–Crippen MR) is 123 cm³/mol. The number of nitrogens with one attached hydrogen (secondary N) is 1. The molecule has 0 aliphatic heterocycles. The lowest BCUT2D eigenvalue weighted by Gasteiger charge is -2.23. The molecule has 3 aromatic carbocycles. The molecule has 0 saturated heterocycles. The van der Waals surface area contributed by atoms with E-state index in [-0.39, 0.29) is 23.8 Å². The van der Waals surface area contributed by atoms with E-state index in [0.29, 0.717) is 0 Å². The Morgan fingerprint density at radius 2 is 1.62 bits per heavy atom. The number of hydrogen-bond donors (Lipinski definition) is 1. The fraction of sp³-hybridized carbons (Fsp3) is 0.240. The maximum absolute atomic E-state index is 13.4. The van der Waals surface area contributed by atoms with Crippen LogP contribution >= 0.6 is 0 Å². The average molecular weight is 455 g/mol. The first-order valence-electron chi connectivity index (χ1n) is 10.3. The number of aryl methyl sites for hydroxylation is 2. The Labute approximate surface area is 188 Å². The summed E-state index contributed by atoms with van der Waals surface area (Å²) in [5.41, 5.74) is 3.47. The van der Waals surface area contributed by atoms with Crippen molar-refractivity contribution in [1.29, 1.82) is 0 Å². The number of sulfonamides is 1. The van der Waals surface area contributed by atoms with Crippen LogP contribution < -0.4 is 5.32 Å². The molecule has 7 heteroatoms. The van der Waals surface area contributed by atoms with Crippen molar-refractivity contribution in [3.05, 3.63) is 101 Å². The van der Waals surface area contributed by atoms with Crippen LogP contribution in [0.4, 0.5) is 4.39 Å². The third-order valence-corrected chi connectivity index (χ3v) is 6.97. The van der Waals surface area contributed by atoms with Crippen LogP contribution in [-0.2, 0) is 21.4 Å². The predicted octanol–water partition coefficient (Wildman–Crippen LogP) is 4.51. The van der Waals surface area contributed by atoms with E-state index in [1.807, 2.05) is 38.1 Å². The van der Waals surface area contributed by atoms with Crippen molar-refractivity contribution in [3.63, 3.8) is 0 Å². The zero-order chi connectivity index (χ0) is 23.3. The first-order chi connectivity index (χ1) is 15.1. The number of amides is 1. The summed E-state index contributed by atoms with van der Waals surface area (Å²) in [7, 11) is -3.91. The van der Waals surface area contributed by atoms with Crippen molar-refractivity contribution >= 4 is 15.9 Å². The summed E-state index contributed by atoms with van der Waals surface area (Å²) in [6.45, 7) is 5.31. The smallest absolute Gasteiger partial charge is 0.243 e. The zero-order valence-electron chi connectivity index (χ0n) is 18.4. The van der Waals surface area contributed by atoms with Crippen molar-refractivity contribution in [3.8, 4) is 0 Å². The molecule has 1 N–H and O–H groups in total. The van der Waals surface area contributed by atoms with Crippen LogP contribution in [0.25, 0.3) is 0 Å². The molecule has 0 aliphatic carbocycles. The summed E-state index contributed by atoms with van der Waals surface area (Å²) in [5, 5.41) is 2.81. The average Bonchev–Trinajstić information content (AvgIpc) is 2.74. The van der Waals surface area contributed by atoms with Gasteiger partial charge in [0.15, 0.2) is 0 Å². The van der Waals surface area contributed by atoms with Crippen LogP contribution in [0.2, 0.25) is 0 Å². The van der Waals surface area contributed by atoms with E-state index in [4.69, 9.17) is 0 Å². The monoisotopic (exact) mass is 454 g/mol. The molecule has 0 aliphatic rings. The summed E-state index contributed by atoms with van der Waals surface area (Å²) in [5.74, 6) is -0.800. The molecule has 0 unspecified atom stereocenters. The maximum Gasteiger partial charge on any atom is 0.243 e. The minimum Gasteiger partial charge on any atom is -0.348 e. The van der Waals surface area contributed by atoms with Gasteiger partial charge in [-0.25, -0.2) is 12.8 Å². The van der Waals surface area contributed by atoms with E-state index in [1.165, 1.54) is 16.4 Å². The summed E-state index contributed by atoms with van der Waals surface area (Å²) < 4.78 is 41.1. The number of benzene rings is 3. The molecule has 32 heavy (non-hydrogen) atoms. The van der Waals surface area contributed by atoms with E-state index in [0.717, 1.165) is 22.3 Å². The normalized spacial score (nSPS) is 12.5. The number of nitrogens with zero attached hydrogens (tertiary/aromatic N) is 1. The fourth-order valence-corrected chi connectivity index (χ4v) is 4.77. The molecule has 0 spiro atoms. The van der Waals surface area contributed by atoms with Gasteiger partial charge >= 0.3 is 0 Å². The first kappa shape index (κ1) is 23.6. The number of carbonyl (C=O) groups excluding carboxylic acids is 1. The fourth-order valence-electron chi connectivity index (χ4n) is 3.38. The molecule has 0 aromatic heterocycles. The molecule has 0 bridgehead atoms. The molecular formula is C25H27FN2O3S. The molecule has 3 aromatic rings. The van der Waals surface area contributed by atoms with Gasteiger partial charge in [-0.3, -0.25) is 4.79 Å². The lowest BCUT2D eigenvalue weighted by atomic mass is 10.1. The van der Waals surface area contributed by atoms with Crippen molar-refractivity contribution in [1.82, 2.24) is 9.62 Å².